The highest BCUT2D eigenvalue weighted by molar-refractivity contribution is 5.85. The average Bonchev–Trinajstić information content (AvgIpc) is 3.14. The van der Waals surface area contributed by atoms with Crippen molar-refractivity contribution < 1.29 is 10.2 Å². The number of aryl methyl sites for hydroxylation is 3. The van der Waals surface area contributed by atoms with Crippen molar-refractivity contribution in [1.29, 1.82) is 0 Å². The molecule has 2 N–H and O–H groups in total. The van der Waals surface area contributed by atoms with Gasteiger partial charge in [0.15, 0.2) is 0 Å². The van der Waals surface area contributed by atoms with Gasteiger partial charge in [-0.25, -0.2) is 4.68 Å². The summed E-state index contributed by atoms with van der Waals surface area (Å²) < 4.78 is 3.07. The summed E-state index contributed by atoms with van der Waals surface area (Å²) in [4.78, 5) is 4.02. The number of hydrogen-bond donors (Lipinski definition) is 2. The molecule has 9 heteroatoms. The Morgan fingerprint density at radius 2 is 2.08 bits per heavy atom. The molecule has 124 valence electrons. The minimum absolute atomic E-state index is 0.0222. The lowest BCUT2D eigenvalue weighted by Gasteiger charge is -2.07. The van der Waals surface area contributed by atoms with Gasteiger partial charge in [-0.2, -0.15) is 14.9 Å². The van der Waals surface area contributed by atoms with Crippen LogP contribution in [0.1, 0.15) is 28.2 Å². The van der Waals surface area contributed by atoms with Crippen LogP contribution in [-0.4, -0.2) is 46.1 Å². The maximum atomic E-state index is 10.1. The molecule has 0 radical (unpaired) electrons. The monoisotopic (exact) mass is 327 g/mol. The maximum Gasteiger partial charge on any atom is 0.273 e. The van der Waals surface area contributed by atoms with Crippen molar-refractivity contribution in [2.45, 2.75) is 27.4 Å². The molecular formula is C15H17N7O2. The molecule has 3 heterocycles. The normalized spacial score (nSPS) is 11.5. The lowest BCUT2D eigenvalue weighted by atomic mass is 10.1. The number of nitrogens with zero attached hydrogens (tertiary/aromatic N) is 7. The molecule has 0 atom stereocenters. The highest BCUT2D eigenvalue weighted by Crippen LogP contribution is 2.22. The van der Waals surface area contributed by atoms with E-state index in [4.69, 9.17) is 0 Å². The second-order valence-corrected chi connectivity index (χ2v) is 5.35. The van der Waals surface area contributed by atoms with Crippen LogP contribution in [0, 0.1) is 20.8 Å². The van der Waals surface area contributed by atoms with Gasteiger partial charge in [-0.05, 0) is 26.8 Å². The van der Waals surface area contributed by atoms with Crippen LogP contribution in [0.25, 0.3) is 5.95 Å². The van der Waals surface area contributed by atoms with Gasteiger partial charge in [-0.3, -0.25) is 4.98 Å². The second-order valence-electron chi connectivity index (χ2n) is 5.35. The van der Waals surface area contributed by atoms with Gasteiger partial charge in [0.1, 0.15) is 12.1 Å². The number of pyridine rings is 1. The largest absolute Gasteiger partial charge is 0.505 e. The molecule has 0 aromatic carbocycles. The Balaban J connectivity index is 2.02. The molecule has 0 spiro atoms. The Morgan fingerprint density at radius 1 is 1.29 bits per heavy atom. The Hall–Kier alpha value is -3.07. The van der Waals surface area contributed by atoms with Gasteiger partial charge in [0, 0.05) is 23.0 Å². The standard InChI is InChI=1S/C15H17N7O2/c1-9-4-10(2)22(20-9)15-19-17-8-21(15)18-6-13-12(7-23)5-16-11(3)14(13)24/h4-6,8,23-24H,7H2,1-3H3/b18-6+. The second kappa shape index (κ2) is 6.20. The number of aromatic nitrogens is 6. The molecule has 0 saturated heterocycles. The Morgan fingerprint density at radius 3 is 2.75 bits per heavy atom. The number of hydrogen-bond acceptors (Lipinski definition) is 7. The number of aromatic hydroxyl groups is 1. The van der Waals surface area contributed by atoms with E-state index in [0.29, 0.717) is 22.8 Å². The lowest BCUT2D eigenvalue weighted by molar-refractivity contribution is 0.280. The molecule has 0 aliphatic rings. The first-order valence-electron chi connectivity index (χ1n) is 7.27. The maximum absolute atomic E-state index is 10.1. The average molecular weight is 327 g/mol. The fraction of sp³-hybridized carbons (Fsp3) is 0.267. The van der Waals surface area contributed by atoms with Crippen molar-refractivity contribution in [1.82, 2.24) is 29.6 Å². The molecule has 9 nitrogen and oxygen atoms in total. The summed E-state index contributed by atoms with van der Waals surface area (Å²) in [5, 5.41) is 36.1. The molecule has 0 saturated carbocycles. The van der Waals surface area contributed by atoms with Crippen molar-refractivity contribution in [3.05, 3.63) is 46.8 Å². The van der Waals surface area contributed by atoms with Crippen LogP contribution in [0.2, 0.25) is 0 Å². The quantitative estimate of drug-likeness (QED) is 0.687. The molecule has 3 rings (SSSR count). The van der Waals surface area contributed by atoms with Gasteiger partial charge in [0.2, 0.25) is 0 Å². The first-order chi connectivity index (χ1) is 11.5. The summed E-state index contributed by atoms with van der Waals surface area (Å²) in [7, 11) is 0. The Bertz CT molecular complexity index is 911. The van der Waals surface area contributed by atoms with Gasteiger partial charge in [0.25, 0.3) is 5.95 Å². The summed E-state index contributed by atoms with van der Waals surface area (Å²) in [6, 6.07) is 1.92. The smallest absolute Gasteiger partial charge is 0.273 e. The van der Waals surface area contributed by atoms with Gasteiger partial charge in [-0.1, -0.05) is 0 Å². The van der Waals surface area contributed by atoms with E-state index in [2.05, 4.69) is 25.4 Å². The third kappa shape index (κ3) is 2.76. The zero-order valence-electron chi connectivity index (χ0n) is 13.5. The number of aliphatic hydroxyl groups is 1. The molecular weight excluding hydrogens is 310 g/mol. The van der Waals surface area contributed by atoms with Crippen LogP contribution in [0.15, 0.2) is 23.7 Å². The van der Waals surface area contributed by atoms with E-state index < -0.39 is 0 Å². The number of aliphatic hydroxyl groups excluding tert-OH is 1. The topological polar surface area (TPSA) is 114 Å². The molecule has 24 heavy (non-hydrogen) atoms. The molecule has 0 fully saturated rings. The van der Waals surface area contributed by atoms with Crippen molar-refractivity contribution in [3.63, 3.8) is 0 Å². The highest BCUT2D eigenvalue weighted by atomic mass is 16.3. The summed E-state index contributed by atoms with van der Waals surface area (Å²) >= 11 is 0. The van der Waals surface area contributed by atoms with Crippen LogP contribution in [-0.2, 0) is 6.61 Å². The van der Waals surface area contributed by atoms with Gasteiger partial charge in [0.05, 0.1) is 24.2 Å². The predicted octanol–water partition coefficient (Wildman–Crippen LogP) is 0.864. The summed E-state index contributed by atoms with van der Waals surface area (Å²) in [6.45, 7) is 5.21. The molecule has 3 aromatic heterocycles. The zero-order valence-corrected chi connectivity index (χ0v) is 13.5. The first-order valence-corrected chi connectivity index (χ1v) is 7.27. The molecule has 0 aliphatic carbocycles. The summed E-state index contributed by atoms with van der Waals surface area (Å²) in [6.07, 6.45) is 4.38. The van der Waals surface area contributed by atoms with Gasteiger partial charge in [-0.15, -0.1) is 10.2 Å². The minimum atomic E-state index is -0.255. The van der Waals surface area contributed by atoms with E-state index in [-0.39, 0.29) is 12.4 Å². The van der Waals surface area contributed by atoms with Crippen LogP contribution in [0.3, 0.4) is 0 Å². The van der Waals surface area contributed by atoms with Crippen molar-refractivity contribution in [3.8, 4) is 11.7 Å². The molecule has 0 amide bonds. The first kappa shape index (κ1) is 15.8. The summed E-state index contributed by atoms with van der Waals surface area (Å²) in [5.41, 5.74) is 3.09. The van der Waals surface area contributed by atoms with Gasteiger partial charge < -0.3 is 10.2 Å². The van der Waals surface area contributed by atoms with Crippen LogP contribution in [0.5, 0.6) is 5.75 Å². The predicted molar refractivity (Wildman–Crippen MR) is 86.2 cm³/mol. The van der Waals surface area contributed by atoms with Crippen LogP contribution >= 0.6 is 0 Å². The third-order valence-electron chi connectivity index (χ3n) is 3.55. The van der Waals surface area contributed by atoms with Crippen molar-refractivity contribution in [2.24, 2.45) is 5.10 Å². The minimum Gasteiger partial charge on any atom is -0.505 e. The third-order valence-corrected chi connectivity index (χ3v) is 3.55. The van der Waals surface area contributed by atoms with Crippen LogP contribution < -0.4 is 0 Å². The number of rotatable bonds is 4. The molecule has 3 aromatic rings. The van der Waals surface area contributed by atoms with E-state index in [1.165, 1.54) is 23.4 Å². The molecule has 0 bridgehead atoms. The van der Waals surface area contributed by atoms with E-state index in [9.17, 15) is 10.2 Å². The van der Waals surface area contributed by atoms with E-state index in [0.717, 1.165) is 11.4 Å². The zero-order chi connectivity index (χ0) is 17.3. The van der Waals surface area contributed by atoms with E-state index in [1.807, 2.05) is 19.9 Å². The lowest BCUT2D eigenvalue weighted by Crippen LogP contribution is -2.07. The van der Waals surface area contributed by atoms with E-state index in [1.54, 1.807) is 11.6 Å². The van der Waals surface area contributed by atoms with Crippen molar-refractivity contribution in [2.75, 3.05) is 0 Å². The van der Waals surface area contributed by atoms with Crippen molar-refractivity contribution >= 4 is 6.21 Å². The SMILES string of the molecule is Cc1cc(C)n(-c2nncn2/N=C/c2c(CO)cnc(C)c2O)n1. The van der Waals surface area contributed by atoms with Crippen LogP contribution in [0.4, 0.5) is 0 Å². The molecule has 0 aliphatic heterocycles. The van der Waals surface area contributed by atoms with E-state index >= 15 is 0 Å². The van der Waals surface area contributed by atoms with Gasteiger partial charge >= 0.3 is 0 Å². The fourth-order valence-electron chi connectivity index (χ4n) is 2.32. The fourth-order valence-corrected chi connectivity index (χ4v) is 2.32. The highest BCUT2D eigenvalue weighted by Gasteiger charge is 2.12. The summed E-state index contributed by atoms with van der Waals surface area (Å²) in [5.74, 6) is 0.402. The Kier molecular flexibility index (Phi) is 4.09. The Labute approximate surface area is 137 Å². The molecule has 0 unspecified atom stereocenters.